The van der Waals surface area contributed by atoms with Crippen LogP contribution in [0.1, 0.15) is 33.3 Å². The quantitative estimate of drug-likeness (QED) is 0.830. The Labute approximate surface area is 157 Å². The van der Waals surface area contributed by atoms with Gasteiger partial charge in [-0.25, -0.2) is 0 Å². The van der Waals surface area contributed by atoms with Crippen molar-refractivity contribution < 1.29 is 9.53 Å². The van der Waals surface area contributed by atoms with E-state index in [1.54, 1.807) is 7.11 Å². The van der Waals surface area contributed by atoms with Crippen LogP contribution in [-0.4, -0.2) is 67.6 Å². The van der Waals surface area contributed by atoms with Gasteiger partial charge in [0.25, 0.3) is 0 Å². The molecule has 5 heteroatoms. The number of methoxy groups -OCH3 is 1. The molecule has 2 aliphatic rings. The number of amides is 1. The Kier molecular flexibility index (Phi) is 5.39. The summed E-state index contributed by atoms with van der Waals surface area (Å²) >= 11 is 0. The highest BCUT2D eigenvalue weighted by molar-refractivity contribution is 6.01. The van der Waals surface area contributed by atoms with Crippen molar-refractivity contribution in [2.24, 2.45) is 0 Å². The molecule has 2 heterocycles. The number of fused-ring (bicyclic) bond motifs is 1. The van der Waals surface area contributed by atoms with Gasteiger partial charge in [0.2, 0.25) is 5.91 Å². The van der Waals surface area contributed by atoms with Gasteiger partial charge in [-0.1, -0.05) is 13.0 Å². The molecule has 5 nitrogen and oxygen atoms in total. The molecular weight excluding hydrogens is 326 g/mol. The number of nitrogens with zero attached hydrogens (tertiary/aromatic N) is 3. The van der Waals surface area contributed by atoms with Crippen molar-refractivity contribution in [3.05, 3.63) is 29.8 Å². The van der Waals surface area contributed by atoms with Crippen molar-refractivity contribution in [1.82, 2.24) is 9.80 Å². The largest absolute Gasteiger partial charge is 0.497 e. The Bertz CT molecular complexity index is 703. The molecule has 3 rings (SSSR count). The summed E-state index contributed by atoms with van der Waals surface area (Å²) in [5.41, 5.74) is 2.90. The number of benzene rings is 1. The minimum absolute atomic E-state index is 0.151. The fourth-order valence-corrected chi connectivity index (χ4v) is 4.12. The molecule has 0 bridgehead atoms. The SMILES string of the molecule is CCN1CCN(CC(=O)N2c3cc(OC)ccc3C(C)=CC2(C)C)CC1. The number of allylic oxidation sites excluding steroid dienone is 1. The summed E-state index contributed by atoms with van der Waals surface area (Å²) in [4.78, 5) is 20.0. The average Bonchev–Trinajstić information content (AvgIpc) is 2.61. The van der Waals surface area contributed by atoms with Gasteiger partial charge in [-0.05, 0) is 45.0 Å². The highest BCUT2D eigenvalue weighted by Crippen LogP contribution is 2.40. The normalized spacial score (nSPS) is 20.5. The van der Waals surface area contributed by atoms with Crippen LogP contribution < -0.4 is 9.64 Å². The molecule has 1 amide bonds. The van der Waals surface area contributed by atoms with E-state index in [0.29, 0.717) is 6.54 Å². The van der Waals surface area contributed by atoms with Gasteiger partial charge in [0.05, 0.1) is 24.9 Å². The number of hydrogen-bond acceptors (Lipinski definition) is 4. The van der Waals surface area contributed by atoms with E-state index in [1.165, 1.54) is 5.57 Å². The third-order valence-corrected chi connectivity index (χ3v) is 5.54. The van der Waals surface area contributed by atoms with E-state index in [9.17, 15) is 4.79 Å². The van der Waals surface area contributed by atoms with Gasteiger partial charge in [-0.2, -0.15) is 0 Å². The summed E-state index contributed by atoms with van der Waals surface area (Å²) in [7, 11) is 1.66. The van der Waals surface area contributed by atoms with Crippen molar-refractivity contribution >= 4 is 17.2 Å². The van der Waals surface area contributed by atoms with Crippen LogP contribution in [0, 0.1) is 0 Å². The van der Waals surface area contributed by atoms with Gasteiger partial charge < -0.3 is 14.5 Å². The number of anilines is 1. The van der Waals surface area contributed by atoms with E-state index in [0.717, 1.165) is 49.7 Å². The van der Waals surface area contributed by atoms with Crippen LogP contribution in [0.3, 0.4) is 0 Å². The third-order valence-electron chi connectivity index (χ3n) is 5.54. The predicted octanol–water partition coefficient (Wildman–Crippen LogP) is 2.86. The minimum Gasteiger partial charge on any atom is -0.497 e. The first kappa shape index (κ1) is 18.9. The topological polar surface area (TPSA) is 36.0 Å². The predicted molar refractivity (Wildman–Crippen MR) is 107 cm³/mol. The maximum atomic E-state index is 13.3. The minimum atomic E-state index is -0.355. The van der Waals surface area contributed by atoms with Gasteiger partial charge in [-0.3, -0.25) is 9.69 Å². The number of carbonyl (C=O) groups is 1. The third kappa shape index (κ3) is 3.64. The van der Waals surface area contributed by atoms with Gasteiger partial charge in [-0.15, -0.1) is 0 Å². The zero-order chi connectivity index (χ0) is 18.9. The van der Waals surface area contributed by atoms with Crippen LogP contribution in [-0.2, 0) is 4.79 Å². The molecule has 142 valence electrons. The van der Waals surface area contributed by atoms with Crippen LogP contribution >= 0.6 is 0 Å². The van der Waals surface area contributed by atoms with Crippen LogP contribution in [0.4, 0.5) is 5.69 Å². The molecule has 0 aliphatic carbocycles. The lowest BCUT2D eigenvalue weighted by Crippen LogP contribution is -2.55. The van der Waals surface area contributed by atoms with Crippen molar-refractivity contribution in [3.8, 4) is 5.75 Å². The first-order chi connectivity index (χ1) is 12.4. The van der Waals surface area contributed by atoms with E-state index >= 15 is 0 Å². The van der Waals surface area contributed by atoms with Crippen LogP contribution in [0.25, 0.3) is 5.57 Å². The molecule has 0 aromatic heterocycles. The Hall–Kier alpha value is -1.85. The molecule has 0 unspecified atom stereocenters. The van der Waals surface area contributed by atoms with E-state index in [2.05, 4.69) is 49.6 Å². The van der Waals surface area contributed by atoms with Gasteiger partial charge >= 0.3 is 0 Å². The second-order valence-electron chi connectivity index (χ2n) is 7.80. The summed E-state index contributed by atoms with van der Waals surface area (Å²) < 4.78 is 5.41. The molecule has 1 saturated heterocycles. The van der Waals surface area contributed by atoms with Gasteiger partial charge in [0.1, 0.15) is 5.75 Å². The van der Waals surface area contributed by atoms with E-state index in [4.69, 9.17) is 4.74 Å². The lowest BCUT2D eigenvalue weighted by atomic mass is 9.88. The number of likely N-dealkylation sites (N-methyl/N-ethyl adjacent to an activating group) is 1. The zero-order valence-electron chi connectivity index (χ0n) is 16.7. The summed E-state index contributed by atoms with van der Waals surface area (Å²) in [6.45, 7) is 14.0. The molecule has 0 saturated carbocycles. The lowest BCUT2D eigenvalue weighted by Gasteiger charge is -2.43. The van der Waals surface area contributed by atoms with Crippen LogP contribution in [0.15, 0.2) is 24.3 Å². The van der Waals surface area contributed by atoms with Crippen LogP contribution in [0.5, 0.6) is 5.75 Å². The first-order valence-electron chi connectivity index (χ1n) is 9.51. The first-order valence-corrected chi connectivity index (χ1v) is 9.51. The standard InChI is InChI=1S/C21H31N3O2/c1-6-22-9-11-23(12-10-22)15-20(25)24-19-13-17(26-5)7-8-18(19)16(2)14-21(24,3)4/h7-8,13-14H,6,9-12,15H2,1-5H3. The molecule has 0 radical (unpaired) electrons. The summed E-state index contributed by atoms with van der Waals surface area (Å²) in [5, 5.41) is 0. The molecule has 2 aliphatic heterocycles. The molecule has 0 atom stereocenters. The number of rotatable bonds is 4. The smallest absolute Gasteiger partial charge is 0.241 e. The molecule has 26 heavy (non-hydrogen) atoms. The molecule has 0 N–H and O–H groups in total. The zero-order valence-corrected chi connectivity index (χ0v) is 16.7. The highest BCUT2D eigenvalue weighted by atomic mass is 16.5. The molecule has 1 aromatic carbocycles. The van der Waals surface area contributed by atoms with Crippen molar-refractivity contribution in [3.63, 3.8) is 0 Å². The molecule has 1 aromatic rings. The van der Waals surface area contributed by atoms with Crippen molar-refractivity contribution in [2.45, 2.75) is 33.2 Å². The van der Waals surface area contributed by atoms with E-state index in [-0.39, 0.29) is 11.4 Å². The Morgan fingerprint density at radius 1 is 1.15 bits per heavy atom. The number of hydrogen-bond donors (Lipinski definition) is 0. The van der Waals surface area contributed by atoms with Crippen molar-refractivity contribution in [1.29, 1.82) is 0 Å². The van der Waals surface area contributed by atoms with Gasteiger partial charge in [0.15, 0.2) is 0 Å². The number of piperazine rings is 1. The van der Waals surface area contributed by atoms with Crippen LogP contribution in [0.2, 0.25) is 0 Å². The monoisotopic (exact) mass is 357 g/mol. The average molecular weight is 357 g/mol. The van der Waals surface area contributed by atoms with E-state index < -0.39 is 0 Å². The lowest BCUT2D eigenvalue weighted by molar-refractivity contribution is -0.121. The fourth-order valence-electron chi connectivity index (χ4n) is 4.12. The maximum absolute atomic E-state index is 13.3. The van der Waals surface area contributed by atoms with E-state index in [1.807, 2.05) is 17.0 Å². The van der Waals surface area contributed by atoms with Gasteiger partial charge in [0, 0.05) is 37.8 Å². The number of carbonyl (C=O) groups excluding carboxylic acids is 1. The second kappa shape index (κ2) is 7.41. The maximum Gasteiger partial charge on any atom is 0.241 e. The number of ether oxygens (including phenoxy) is 1. The molecule has 0 spiro atoms. The van der Waals surface area contributed by atoms with Crippen molar-refractivity contribution in [2.75, 3.05) is 51.3 Å². The fraction of sp³-hybridized carbons (Fsp3) is 0.571. The Morgan fingerprint density at radius 3 is 2.42 bits per heavy atom. The second-order valence-corrected chi connectivity index (χ2v) is 7.80. The summed E-state index contributed by atoms with van der Waals surface area (Å²) in [6, 6.07) is 6.00. The highest BCUT2D eigenvalue weighted by Gasteiger charge is 2.36. The Balaban J connectivity index is 1.85. The Morgan fingerprint density at radius 2 is 1.81 bits per heavy atom. The molecule has 1 fully saturated rings. The summed E-state index contributed by atoms with van der Waals surface area (Å²) in [6.07, 6.45) is 2.19. The summed E-state index contributed by atoms with van der Waals surface area (Å²) in [5.74, 6) is 0.932. The molecular formula is C21H31N3O2.